The number of fused-ring (bicyclic) bond motifs is 6. The van der Waals surface area contributed by atoms with E-state index in [4.69, 9.17) is 9.72 Å². The lowest BCUT2D eigenvalue weighted by Gasteiger charge is -2.34. The Kier molecular flexibility index (Phi) is 8.47. The van der Waals surface area contributed by atoms with Gasteiger partial charge in [-0.1, -0.05) is 33.8 Å². The summed E-state index contributed by atoms with van der Waals surface area (Å²) in [4.78, 5) is 39.9. The zero-order valence-electron chi connectivity index (χ0n) is 26.0. The van der Waals surface area contributed by atoms with Crippen LogP contribution in [0.2, 0.25) is 0 Å². The lowest BCUT2D eigenvalue weighted by atomic mass is 9.86. The molecule has 43 heavy (non-hydrogen) atoms. The van der Waals surface area contributed by atoms with E-state index in [-0.39, 0.29) is 27.5 Å². The Morgan fingerprint density at radius 3 is 2.60 bits per heavy atom. The molecule has 0 spiro atoms. The van der Waals surface area contributed by atoms with Crippen molar-refractivity contribution in [3.05, 3.63) is 35.9 Å². The number of carbonyl (C=O) groups excluding carboxylic acids is 2. The van der Waals surface area contributed by atoms with Gasteiger partial charge in [0.25, 0.3) is 21.8 Å². The van der Waals surface area contributed by atoms with Gasteiger partial charge in [0.05, 0.1) is 5.56 Å². The first-order valence-electron chi connectivity index (χ1n) is 15.1. The van der Waals surface area contributed by atoms with Crippen LogP contribution in [0.5, 0.6) is 0 Å². The summed E-state index contributed by atoms with van der Waals surface area (Å²) in [6.45, 7) is 15.1. The maximum atomic E-state index is 13.7. The largest absolute Gasteiger partial charge is 0.370 e. The molecule has 2 aromatic heterocycles. The molecule has 234 valence electrons. The number of nitrogens with zero attached hydrogens (tertiary/aromatic N) is 4. The third-order valence-corrected chi connectivity index (χ3v) is 10.0. The minimum absolute atomic E-state index is 0.104. The number of aromatic nitrogens is 2. The molecule has 2 unspecified atom stereocenters. The maximum Gasteiger partial charge on any atom is 0.281 e. The fourth-order valence-electron chi connectivity index (χ4n) is 6.12. The number of anilines is 3. The lowest BCUT2D eigenvalue weighted by Crippen LogP contribution is -2.41. The van der Waals surface area contributed by atoms with Gasteiger partial charge >= 0.3 is 0 Å². The van der Waals surface area contributed by atoms with Crippen molar-refractivity contribution in [1.82, 2.24) is 14.7 Å². The number of ether oxygens (including phenoxy) is 1. The molecule has 2 amide bonds. The summed E-state index contributed by atoms with van der Waals surface area (Å²) in [5.74, 6) is 0.938. The molecule has 3 aliphatic heterocycles. The lowest BCUT2D eigenvalue weighted by molar-refractivity contribution is -0.127. The summed E-state index contributed by atoms with van der Waals surface area (Å²) in [5.41, 5.74) is -0.128. The van der Waals surface area contributed by atoms with Crippen LogP contribution < -0.4 is 19.8 Å². The number of rotatable bonds is 4. The molecule has 0 saturated carbocycles. The number of sulfonamides is 1. The van der Waals surface area contributed by atoms with Crippen molar-refractivity contribution >= 4 is 39.3 Å². The highest BCUT2D eigenvalue weighted by atomic mass is 32.2. The van der Waals surface area contributed by atoms with Gasteiger partial charge in [0.2, 0.25) is 0 Å². The van der Waals surface area contributed by atoms with Crippen LogP contribution in [0.15, 0.2) is 35.4 Å². The summed E-state index contributed by atoms with van der Waals surface area (Å²) < 4.78 is 34.6. The fraction of sp³-hybridized carbons (Fsp3) is 0.613. The van der Waals surface area contributed by atoms with E-state index in [1.165, 1.54) is 6.07 Å². The Morgan fingerprint density at radius 2 is 1.86 bits per heavy atom. The topological polar surface area (TPSA) is 134 Å². The van der Waals surface area contributed by atoms with E-state index in [0.717, 1.165) is 19.3 Å². The van der Waals surface area contributed by atoms with E-state index in [2.05, 4.69) is 61.5 Å². The van der Waals surface area contributed by atoms with Crippen LogP contribution in [0.4, 0.5) is 17.5 Å². The molecule has 2 saturated heterocycles. The molecule has 0 aliphatic carbocycles. The summed E-state index contributed by atoms with van der Waals surface area (Å²) in [7, 11) is -4.26. The first-order valence-corrected chi connectivity index (χ1v) is 16.6. The van der Waals surface area contributed by atoms with Crippen LogP contribution >= 0.6 is 0 Å². The summed E-state index contributed by atoms with van der Waals surface area (Å²) in [5, 5.41) is 2.99. The number of pyridine rings is 2. The summed E-state index contributed by atoms with van der Waals surface area (Å²) in [6.07, 6.45) is 2.59. The van der Waals surface area contributed by atoms with Gasteiger partial charge in [0, 0.05) is 38.2 Å². The van der Waals surface area contributed by atoms with Crippen molar-refractivity contribution in [3.63, 3.8) is 0 Å². The van der Waals surface area contributed by atoms with Gasteiger partial charge in [0.15, 0.2) is 5.03 Å². The highest BCUT2D eigenvalue weighted by Gasteiger charge is 2.43. The average Bonchev–Trinajstić information content (AvgIpc) is 3.45. The zero-order valence-corrected chi connectivity index (χ0v) is 26.8. The third kappa shape index (κ3) is 6.80. The Hall–Kier alpha value is -3.25. The molecule has 0 aromatic carbocycles. The van der Waals surface area contributed by atoms with Gasteiger partial charge < -0.3 is 15.0 Å². The highest BCUT2D eigenvalue weighted by Crippen LogP contribution is 2.42. The van der Waals surface area contributed by atoms with Crippen LogP contribution in [-0.4, -0.2) is 68.1 Å². The van der Waals surface area contributed by atoms with E-state index in [9.17, 15) is 18.0 Å². The number of hydrogen-bond acceptors (Lipinski definition) is 9. The molecule has 2 fully saturated rings. The van der Waals surface area contributed by atoms with E-state index >= 15 is 0 Å². The standard InChI is InChI=1S/C31H44N6O5S/c1-20-12-15-32-24-8-7-9-26(33-24)43(40,41)35-28(38)22-10-11-25(34-27(22)37-19-21(20)18-31(37,5)6)36-16-13-23(29(36)39)42-17-14-30(2,3)4/h7-11,20-21,23H,12-19H2,1-6H3,(H,32,33)(H,35,38)/t20-,21?,23?/m0/s1. The van der Waals surface area contributed by atoms with Gasteiger partial charge in [-0.25, -0.2) is 14.7 Å². The van der Waals surface area contributed by atoms with Crippen LogP contribution in [0.3, 0.4) is 0 Å². The smallest absolute Gasteiger partial charge is 0.281 e. The summed E-state index contributed by atoms with van der Waals surface area (Å²) in [6, 6.07) is 7.85. The van der Waals surface area contributed by atoms with Crippen LogP contribution in [0, 0.1) is 17.3 Å². The maximum absolute atomic E-state index is 13.7. The van der Waals surface area contributed by atoms with E-state index in [1.54, 1.807) is 29.2 Å². The minimum atomic E-state index is -4.26. The second kappa shape index (κ2) is 11.7. The first-order chi connectivity index (χ1) is 20.1. The molecule has 5 heterocycles. The molecule has 3 atom stereocenters. The Labute approximate surface area is 254 Å². The zero-order chi connectivity index (χ0) is 31.2. The van der Waals surface area contributed by atoms with Crippen LogP contribution in [0.25, 0.3) is 0 Å². The van der Waals surface area contributed by atoms with Crippen molar-refractivity contribution in [2.24, 2.45) is 17.3 Å². The molecule has 12 heteroatoms. The number of amides is 2. The molecule has 11 nitrogen and oxygen atoms in total. The Bertz CT molecular complexity index is 1490. The van der Waals surface area contributed by atoms with E-state index < -0.39 is 22.0 Å². The second-order valence-corrected chi connectivity index (χ2v) is 15.5. The van der Waals surface area contributed by atoms with Gasteiger partial charge in [0.1, 0.15) is 23.6 Å². The van der Waals surface area contributed by atoms with Crippen molar-refractivity contribution in [2.45, 2.75) is 83.9 Å². The molecular weight excluding hydrogens is 568 g/mol. The van der Waals surface area contributed by atoms with Crippen LogP contribution in [-0.2, 0) is 19.6 Å². The molecule has 5 rings (SSSR count). The first kappa shape index (κ1) is 31.2. The molecule has 2 aromatic rings. The molecule has 4 bridgehead atoms. The van der Waals surface area contributed by atoms with Crippen molar-refractivity contribution < 1.29 is 22.7 Å². The predicted molar refractivity (Wildman–Crippen MR) is 166 cm³/mol. The Morgan fingerprint density at radius 1 is 1.09 bits per heavy atom. The van der Waals surface area contributed by atoms with Gasteiger partial charge in [-0.15, -0.1) is 0 Å². The quantitative estimate of drug-likeness (QED) is 0.521. The predicted octanol–water partition coefficient (Wildman–Crippen LogP) is 4.21. The van der Waals surface area contributed by atoms with Gasteiger partial charge in [-0.3, -0.25) is 14.5 Å². The monoisotopic (exact) mass is 612 g/mol. The number of hydrogen-bond donors (Lipinski definition) is 2. The van der Waals surface area contributed by atoms with E-state index in [1.807, 2.05) is 0 Å². The van der Waals surface area contributed by atoms with Crippen molar-refractivity contribution in [3.8, 4) is 0 Å². The van der Waals surface area contributed by atoms with Crippen molar-refractivity contribution in [2.75, 3.05) is 41.4 Å². The minimum Gasteiger partial charge on any atom is -0.370 e. The summed E-state index contributed by atoms with van der Waals surface area (Å²) >= 11 is 0. The fourth-order valence-corrected chi connectivity index (χ4v) is 7.06. The van der Waals surface area contributed by atoms with Gasteiger partial charge in [-0.2, -0.15) is 8.42 Å². The SMILES string of the molecule is C[C@H]1CCNc2cccc(n2)S(=O)(=O)NC(=O)c2ccc(N3CCC(OCCC(C)(C)C)C3=O)nc2N2CC1CC2(C)C. The molecular formula is C31H44N6O5S. The molecule has 3 aliphatic rings. The van der Waals surface area contributed by atoms with E-state index in [0.29, 0.717) is 62.0 Å². The average molecular weight is 613 g/mol. The number of nitrogens with one attached hydrogen (secondary N) is 2. The third-order valence-electron chi connectivity index (χ3n) is 8.81. The van der Waals surface area contributed by atoms with Gasteiger partial charge in [-0.05, 0) is 74.6 Å². The highest BCUT2D eigenvalue weighted by molar-refractivity contribution is 7.90. The molecule has 2 N–H and O–H groups in total. The molecule has 0 radical (unpaired) electrons. The Balaban J connectivity index is 1.50. The van der Waals surface area contributed by atoms with Crippen molar-refractivity contribution in [1.29, 1.82) is 0 Å². The number of carbonyl (C=O) groups is 2. The second-order valence-electron chi connectivity index (χ2n) is 13.9. The normalized spacial score (nSPS) is 25.4. The van der Waals surface area contributed by atoms with Crippen LogP contribution in [0.1, 0.15) is 77.6 Å².